The highest BCUT2D eigenvalue weighted by Gasteiger charge is 2.13. The van der Waals surface area contributed by atoms with Crippen LogP contribution >= 0.6 is 12.2 Å². The molecule has 0 unspecified atom stereocenters. The molecule has 2 amide bonds. The minimum absolute atomic E-state index is 0.236. The molecule has 31 heavy (non-hydrogen) atoms. The molecule has 3 aromatic rings. The Hall–Kier alpha value is -3.46. The van der Waals surface area contributed by atoms with E-state index in [-0.39, 0.29) is 35.9 Å². The number of carbonyl (C=O) groups excluding carboxylic acids is 2. The van der Waals surface area contributed by atoms with Gasteiger partial charge in [0.15, 0.2) is 4.77 Å². The third kappa shape index (κ3) is 4.83. The monoisotopic (exact) mass is 440 g/mol. The summed E-state index contributed by atoms with van der Waals surface area (Å²) in [5, 5.41) is 5.66. The minimum Gasteiger partial charge on any atom is -0.450 e. The topological polar surface area (TPSA) is 105 Å². The van der Waals surface area contributed by atoms with Gasteiger partial charge in [-0.2, -0.15) is 0 Å². The van der Waals surface area contributed by atoms with Crippen molar-refractivity contribution in [1.82, 2.24) is 20.2 Å². The molecule has 162 valence electrons. The molecule has 1 heterocycles. The summed E-state index contributed by atoms with van der Waals surface area (Å²) in [7, 11) is 0. The predicted octanol–water partition coefficient (Wildman–Crippen LogP) is 3.14. The fraction of sp³-hybridized carbons (Fsp3) is 0.273. The van der Waals surface area contributed by atoms with Crippen molar-refractivity contribution >= 4 is 35.1 Å². The van der Waals surface area contributed by atoms with E-state index in [2.05, 4.69) is 15.6 Å². The zero-order chi connectivity index (χ0) is 22.5. The lowest BCUT2D eigenvalue weighted by atomic mass is 10.1. The average Bonchev–Trinajstić information content (AvgIpc) is 2.73. The first-order valence-corrected chi connectivity index (χ1v) is 10.3. The summed E-state index contributed by atoms with van der Waals surface area (Å²) in [5.74, 6) is -0.328. The van der Waals surface area contributed by atoms with Gasteiger partial charge in [0.1, 0.15) is 0 Å². The number of nitrogens with one attached hydrogen (secondary N) is 3. The van der Waals surface area contributed by atoms with E-state index in [1.165, 1.54) is 4.57 Å². The fourth-order valence-corrected chi connectivity index (χ4v) is 3.47. The van der Waals surface area contributed by atoms with E-state index in [1.54, 1.807) is 25.1 Å². The van der Waals surface area contributed by atoms with Gasteiger partial charge < -0.3 is 20.4 Å². The summed E-state index contributed by atoms with van der Waals surface area (Å²) in [6.07, 6.45) is -0.532. The van der Waals surface area contributed by atoms with Gasteiger partial charge in [0.05, 0.1) is 23.2 Å². The smallest absolute Gasteiger partial charge is 0.407 e. The molecule has 0 saturated carbocycles. The second-order valence-electron chi connectivity index (χ2n) is 6.95. The van der Waals surface area contributed by atoms with Gasteiger partial charge in [-0.1, -0.05) is 12.1 Å². The molecule has 8 nitrogen and oxygen atoms in total. The van der Waals surface area contributed by atoms with Crippen LogP contribution in [-0.2, 0) is 4.74 Å². The molecule has 2 aromatic carbocycles. The molecule has 0 aliphatic rings. The number of hydrogen-bond donors (Lipinski definition) is 3. The van der Waals surface area contributed by atoms with Crippen LogP contribution in [0.4, 0.5) is 4.79 Å². The van der Waals surface area contributed by atoms with Gasteiger partial charge in [0.2, 0.25) is 0 Å². The van der Waals surface area contributed by atoms with Gasteiger partial charge in [0, 0.05) is 18.7 Å². The lowest BCUT2D eigenvalue weighted by Crippen LogP contribution is -2.35. The molecular formula is C22H24N4O4S. The van der Waals surface area contributed by atoms with E-state index in [1.807, 2.05) is 32.0 Å². The molecule has 9 heteroatoms. The van der Waals surface area contributed by atoms with Crippen LogP contribution in [0, 0.1) is 18.6 Å². The summed E-state index contributed by atoms with van der Waals surface area (Å²) in [6, 6.07) is 10.5. The number of ether oxygens (including phenoxy) is 1. The van der Waals surface area contributed by atoms with Crippen molar-refractivity contribution in [3.05, 3.63) is 68.2 Å². The lowest BCUT2D eigenvalue weighted by molar-refractivity contribution is 0.0952. The zero-order valence-corrected chi connectivity index (χ0v) is 18.4. The van der Waals surface area contributed by atoms with Crippen LogP contribution in [0.5, 0.6) is 0 Å². The number of nitrogens with zero attached hydrogens (tertiary/aromatic N) is 1. The Labute approximate surface area is 184 Å². The maximum Gasteiger partial charge on any atom is 0.407 e. The van der Waals surface area contributed by atoms with Gasteiger partial charge in [-0.3, -0.25) is 14.2 Å². The summed E-state index contributed by atoms with van der Waals surface area (Å²) in [5.41, 5.74) is 3.35. The van der Waals surface area contributed by atoms with Crippen LogP contribution < -0.4 is 16.2 Å². The Morgan fingerprint density at radius 3 is 2.61 bits per heavy atom. The molecule has 0 spiro atoms. The fourth-order valence-electron chi connectivity index (χ4n) is 3.18. The zero-order valence-electron chi connectivity index (χ0n) is 17.6. The second-order valence-corrected chi connectivity index (χ2v) is 7.34. The third-order valence-electron chi connectivity index (χ3n) is 4.93. The Bertz CT molecular complexity index is 1260. The quantitative estimate of drug-likeness (QED) is 0.403. The van der Waals surface area contributed by atoms with Crippen molar-refractivity contribution in [3.63, 3.8) is 0 Å². The summed E-state index contributed by atoms with van der Waals surface area (Å²) < 4.78 is 6.48. The number of aromatic nitrogens is 2. The number of aromatic amines is 1. The number of carbonyl (C=O) groups is 2. The number of aryl methyl sites for hydroxylation is 1. The van der Waals surface area contributed by atoms with Gasteiger partial charge >= 0.3 is 6.09 Å². The lowest BCUT2D eigenvalue weighted by Gasteiger charge is -2.13. The molecule has 0 radical (unpaired) electrons. The summed E-state index contributed by atoms with van der Waals surface area (Å²) in [4.78, 5) is 39.9. The number of rotatable bonds is 6. The number of benzene rings is 2. The molecule has 0 fully saturated rings. The number of amides is 2. The largest absolute Gasteiger partial charge is 0.450 e. The van der Waals surface area contributed by atoms with Crippen LogP contribution in [0.1, 0.15) is 28.4 Å². The van der Waals surface area contributed by atoms with Crippen LogP contribution in [0.2, 0.25) is 0 Å². The Kier molecular flexibility index (Phi) is 6.86. The number of H-pyrrole nitrogens is 1. The Morgan fingerprint density at radius 2 is 1.87 bits per heavy atom. The van der Waals surface area contributed by atoms with Gasteiger partial charge in [-0.15, -0.1) is 0 Å². The maximum absolute atomic E-state index is 13.1. The van der Waals surface area contributed by atoms with E-state index in [4.69, 9.17) is 17.0 Å². The minimum atomic E-state index is -0.532. The molecule has 0 saturated heterocycles. The van der Waals surface area contributed by atoms with Crippen molar-refractivity contribution in [1.29, 1.82) is 0 Å². The normalized spacial score (nSPS) is 10.7. The molecule has 1 aromatic heterocycles. The van der Waals surface area contributed by atoms with E-state index in [0.29, 0.717) is 16.5 Å². The molecule has 3 rings (SSSR count). The highest BCUT2D eigenvalue weighted by molar-refractivity contribution is 7.71. The third-order valence-corrected chi connectivity index (χ3v) is 5.22. The first-order chi connectivity index (χ1) is 14.8. The highest BCUT2D eigenvalue weighted by atomic mass is 32.1. The maximum atomic E-state index is 13.1. The second kappa shape index (κ2) is 9.57. The summed E-state index contributed by atoms with van der Waals surface area (Å²) >= 11 is 5.45. The van der Waals surface area contributed by atoms with Crippen molar-refractivity contribution in [2.24, 2.45) is 0 Å². The van der Waals surface area contributed by atoms with E-state index >= 15 is 0 Å². The molecule has 0 atom stereocenters. The first-order valence-electron chi connectivity index (χ1n) is 9.88. The first kappa shape index (κ1) is 22.2. The standard InChI is InChI=1S/C22H24N4O4S/c1-4-30-22(29)24-11-10-23-19(27)15-8-9-16-17(12-15)25-21(31)26(20(16)28)18-7-5-6-13(2)14(18)3/h5-9,12H,4,10-11H2,1-3H3,(H,23,27)(H,24,29)(H,25,31). The van der Waals surface area contributed by atoms with Gasteiger partial charge in [-0.25, -0.2) is 4.79 Å². The van der Waals surface area contributed by atoms with Crippen LogP contribution in [0.25, 0.3) is 16.6 Å². The van der Waals surface area contributed by atoms with Gasteiger partial charge in [0.25, 0.3) is 11.5 Å². The van der Waals surface area contributed by atoms with Crippen LogP contribution in [0.15, 0.2) is 41.2 Å². The van der Waals surface area contributed by atoms with Crippen LogP contribution in [0.3, 0.4) is 0 Å². The Balaban J connectivity index is 1.85. The van der Waals surface area contributed by atoms with Gasteiger partial charge in [-0.05, 0) is 68.4 Å². The summed E-state index contributed by atoms with van der Waals surface area (Å²) in [6.45, 7) is 6.39. The number of alkyl carbamates (subject to hydrolysis) is 1. The molecular weight excluding hydrogens is 416 g/mol. The average molecular weight is 441 g/mol. The van der Waals surface area contributed by atoms with Crippen molar-refractivity contribution in [3.8, 4) is 5.69 Å². The molecule has 0 bridgehead atoms. The highest BCUT2D eigenvalue weighted by Crippen LogP contribution is 2.18. The van der Waals surface area contributed by atoms with Crippen molar-refractivity contribution in [2.45, 2.75) is 20.8 Å². The predicted molar refractivity (Wildman–Crippen MR) is 122 cm³/mol. The van der Waals surface area contributed by atoms with E-state index in [9.17, 15) is 14.4 Å². The van der Waals surface area contributed by atoms with Crippen molar-refractivity contribution in [2.75, 3.05) is 19.7 Å². The Morgan fingerprint density at radius 1 is 1.13 bits per heavy atom. The van der Waals surface area contributed by atoms with Crippen molar-refractivity contribution < 1.29 is 14.3 Å². The number of hydrogen-bond acceptors (Lipinski definition) is 5. The van der Waals surface area contributed by atoms with Crippen LogP contribution in [-0.4, -0.2) is 41.2 Å². The van der Waals surface area contributed by atoms with E-state index < -0.39 is 6.09 Å². The molecule has 0 aliphatic heterocycles. The molecule has 0 aliphatic carbocycles. The SMILES string of the molecule is CCOC(=O)NCCNC(=O)c1ccc2c(=O)n(-c3cccc(C)c3C)c(=S)[nH]c2c1. The number of fused-ring (bicyclic) bond motifs is 1. The molecule has 3 N–H and O–H groups in total. The van der Waals surface area contributed by atoms with E-state index in [0.717, 1.165) is 16.8 Å².